The first-order chi connectivity index (χ1) is 9.49. The molecule has 2 aromatic carbocycles. The largest absolute Gasteiger partial charge is 0.435 e. The molecule has 0 saturated carbocycles. The summed E-state index contributed by atoms with van der Waals surface area (Å²) in [5, 5.41) is 0. The Kier molecular flexibility index (Phi) is 4.13. The molecule has 2 aromatic rings. The third-order valence-electron chi connectivity index (χ3n) is 3.17. The lowest BCUT2D eigenvalue weighted by molar-refractivity contribution is -0.0498. The Morgan fingerprint density at radius 3 is 2.50 bits per heavy atom. The first-order valence-corrected chi connectivity index (χ1v) is 6.15. The van der Waals surface area contributed by atoms with E-state index in [0.29, 0.717) is 11.1 Å². The van der Waals surface area contributed by atoms with Gasteiger partial charge in [0.05, 0.1) is 0 Å². The van der Waals surface area contributed by atoms with Crippen LogP contribution in [0, 0.1) is 13.8 Å². The predicted octanol–water partition coefficient (Wildman–Crippen LogP) is 4.14. The van der Waals surface area contributed by atoms with Gasteiger partial charge in [0, 0.05) is 11.1 Å². The lowest BCUT2D eigenvalue weighted by Gasteiger charge is -2.09. The summed E-state index contributed by atoms with van der Waals surface area (Å²) in [5.41, 5.74) is 2.80. The first-order valence-electron chi connectivity index (χ1n) is 6.15. The number of hydrogen-bond donors (Lipinski definition) is 0. The summed E-state index contributed by atoms with van der Waals surface area (Å²) >= 11 is 0. The fraction of sp³-hybridized carbons (Fsp3) is 0.188. The van der Waals surface area contributed by atoms with Crippen LogP contribution in [0.25, 0.3) is 0 Å². The maximum absolute atomic E-state index is 12.4. The molecule has 0 aromatic heterocycles. The van der Waals surface area contributed by atoms with Crippen LogP contribution >= 0.6 is 0 Å². The van der Waals surface area contributed by atoms with Gasteiger partial charge in [-0.25, -0.2) is 0 Å². The quantitative estimate of drug-likeness (QED) is 0.785. The summed E-state index contributed by atoms with van der Waals surface area (Å²) in [7, 11) is 0. The van der Waals surface area contributed by atoms with Crippen LogP contribution in [0.15, 0.2) is 42.5 Å². The number of halogens is 2. The maximum atomic E-state index is 12.4. The standard InChI is InChI=1S/C16H14F2O2/c1-10-5-3-8-14(11(10)2)15(19)12-6-4-7-13(9-12)20-16(17)18/h3-9,16H,1-2H3. The van der Waals surface area contributed by atoms with E-state index in [2.05, 4.69) is 4.74 Å². The minimum atomic E-state index is -2.90. The second-order valence-corrected chi connectivity index (χ2v) is 4.48. The highest BCUT2D eigenvalue weighted by Gasteiger charge is 2.14. The normalized spacial score (nSPS) is 10.7. The van der Waals surface area contributed by atoms with Crippen molar-refractivity contribution >= 4 is 5.78 Å². The number of alkyl halides is 2. The van der Waals surface area contributed by atoms with Gasteiger partial charge in [0.2, 0.25) is 0 Å². The van der Waals surface area contributed by atoms with Crippen LogP contribution in [-0.4, -0.2) is 12.4 Å². The Labute approximate surface area is 116 Å². The second kappa shape index (κ2) is 5.82. The SMILES string of the molecule is Cc1cccc(C(=O)c2cccc(OC(F)F)c2)c1C. The Morgan fingerprint density at radius 2 is 1.80 bits per heavy atom. The van der Waals surface area contributed by atoms with Crippen molar-refractivity contribution in [3.05, 3.63) is 64.7 Å². The smallest absolute Gasteiger partial charge is 0.387 e. The van der Waals surface area contributed by atoms with Gasteiger partial charge < -0.3 is 4.74 Å². The highest BCUT2D eigenvalue weighted by Crippen LogP contribution is 2.21. The van der Waals surface area contributed by atoms with Gasteiger partial charge in [0.25, 0.3) is 0 Å². The number of hydrogen-bond acceptors (Lipinski definition) is 2. The number of carbonyl (C=O) groups excluding carboxylic acids is 1. The minimum Gasteiger partial charge on any atom is -0.435 e. The zero-order chi connectivity index (χ0) is 14.7. The van der Waals surface area contributed by atoms with Gasteiger partial charge >= 0.3 is 6.61 Å². The van der Waals surface area contributed by atoms with Crippen molar-refractivity contribution in [3.8, 4) is 5.75 Å². The summed E-state index contributed by atoms with van der Waals surface area (Å²) in [4.78, 5) is 12.4. The molecule has 0 aliphatic carbocycles. The third-order valence-corrected chi connectivity index (χ3v) is 3.17. The fourth-order valence-corrected chi connectivity index (χ4v) is 1.97. The molecule has 20 heavy (non-hydrogen) atoms. The topological polar surface area (TPSA) is 26.3 Å². The predicted molar refractivity (Wildman–Crippen MR) is 72.4 cm³/mol. The van der Waals surface area contributed by atoms with Crippen LogP contribution in [0.5, 0.6) is 5.75 Å². The molecule has 0 aliphatic rings. The van der Waals surface area contributed by atoms with Gasteiger partial charge in [-0.15, -0.1) is 0 Å². The lowest BCUT2D eigenvalue weighted by Crippen LogP contribution is -2.06. The van der Waals surface area contributed by atoms with Gasteiger partial charge in [0.15, 0.2) is 5.78 Å². The van der Waals surface area contributed by atoms with Crippen LogP contribution in [0.1, 0.15) is 27.0 Å². The molecule has 0 bridgehead atoms. The summed E-state index contributed by atoms with van der Waals surface area (Å²) < 4.78 is 28.7. The third kappa shape index (κ3) is 3.02. The Morgan fingerprint density at radius 1 is 1.10 bits per heavy atom. The molecule has 0 fully saturated rings. The molecule has 0 aliphatic heterocycles. The van der Waals surface area contributed by atoms with E-state index < -0.39 is 6.61 Å². The molecule has 0 unspecified atom stereocenters. The molecule has 0 spiro atoms. The monoisotopic (exact) mass is 276 g/mol. The number of ketones is 1. The molecule has 0 radical (unpaired) electrons. The van der Waals surface area contributed by atoms with E-state index in [1.165, 1.54) is 18.2 Å². The summed E-state index contributed by atoms with van der Waals surface area (Å²) in [5.74, 6) is -0.220. The summed E-state index contributed by atoms with van der Waals surface area (Å²) in [6.07, 6.45) is 0. The Bertz CT molecular complexity index is 636. The van der Waals surface area contributed by atoms with Crippen molar-refractivity contribution in [3.63, 3.8) is 0 Å². The average molecular weight is 276 g/mol. The van der Waals surface area contributed by atoms with Crippen molar-refractivity contribution in [1.82, 2.24) is 0 Å². The van der Waals surface area contributed by atoms with Gasteiger partial charge in [0.1, 0.15) is 5.75 Å². The van der Waals surface area contributed by atoms with E-state index in [-0.39, 0.29) is 11.5 Å². The Balaban J connectivity index is 2.36. The zero-order valence-electron chi connectivity index (χ0n) is 11.2. The van der Waals surface area contributed by atoms with E-state index in [1.54, 1.807) is 18.2 Å². The molecular formula is C16H14F2O2. The number of aryl methyl sites for hydroxylation is 1. The van der Waals surface area contributed by atoms with E-state index >= 15 is 0 Å². The lowest BCUT2D eigenvalue weighted by atomic mass is 9.96. The van der Waals surface area contributed by atoms with Gasteiger partial charge in [-0.1, -0.05) is 30.3 Å². The van der Waals surface area contributed by atoms with Crippen LogP contribution in [-0.2, 0) is 0 Å². The van der Waals surface area contributed by atoms with Crippen LogP contribution in [0.2, 0.25) is 0 Å². The molecule has 0 heterocycles. The fourth-order valence-electron chi connectivity index (χ4n) is 1.97. The van der Waals surface area contributed by atoms with E-state index in [4.69, 9.17) is 0 Å². The molecule has 0 atom stereocenters. The highest BCUT2D eigenvalue weighted by molar-refractivity contribution is 6.10. The second-order valence-electron chi connectivity index (χ2n) is 4.48. The molecule has 0 N–H and O–H groups in total. The van der Waals surface area contributed by atoms with Gasteiger partial charge in [-0.2, -0.15) is 8.78 Å². The van der Waals surface area contributed by atoms with Crippen LogP contribution in [0.3, 0.4) is 0 Å². The summed E-state index contributed by atoms with van der Waals surface area (Å²) in [6, 6.07) is 11.3. The number of benzene rings is 2. The van der Waals surface area contributed by atoms with Crippen molar-refractivity contribution in [2.45, 2.75) is 20.5 Å². The Hall–Kier alpha value is -2.23. The first kappa shape index (κ1) is 14.2. The molecule has 2 nitrogen and oxygen atoms in total. The van der Waals surface area contributed by atoms with Gasteiger partial charge in [-0.05, 0) is 37.1 Å². The number of rotatable bonds is 4. The molecule has 2 rings (SSSR count). The van der Waals surface area contributed by atoms with Crippen molar-refractivity contribution in [1.29, 1.82) is 0 Å². The van der Waals surface area contributed by atoms with Gasteiger partial charge in [-0.3, -0.25) is 4.79 Å². The van der Waals surface area contributed by atoms with E-state index in [1.807, 2.05) is 19.9 Å². The minimum absolute atomic E-state index is 0.0174. The number of carbonyl (C=O) groups is 1. The van der Waals surface area contributed by atoms with E-state index in [9.17, 15) is 13.6 Å². The van der Waals surface area contributed by atoms with Crippen molar-refractivity contribution < 1.29 is 18.3 Å². The zero-order valence-corrected chi connectivity index (χ0v) is 11.2. The molecule has 104 valence electrons. The van der Waals surface area contributed by atoms with Crippen molar-refractivity contribution in [2.24, 2.45) is 0 Å². The van der Waals surface area contributed by atoms with Crippen molar-refractivity contribution in [2.75, 3.05) is 0 Å². The van der Waals surface area contributed by atoms with Crippen LogP contribution < -0.4 is 4.74 Å². The maximum Gasteiger partial charge on any atom is 0.387 e. The molecule has 0 amide bonds. The van der Waals surface area contributed by atoms with E-state index in [0.717, 1.165) is 11.1 Å². The highest BCUT2D eigenvalue weighted by atomic mass is 19.3. The van der Waals surface area contributed by atoms with Crippen LogP contribution in [0.4, 0.5) is 8.78 Å². The summed E-state index contributed by atoms with van der Waals surface area (Å²) in [6.45, 7) is 0.880. The molecular weight excluding hydrogens is 262 g/mol. The molecule has 0 saturated heterocycles. The molecule has 4 heteroatoms. The number of ether oxygens (including phenoxy) is 1. The average Bonchev–Trinajstić information content (AvgIpc) is 2.41.